The van der Waals surface area contributed by atoms with Crippen LogP contribution in [0.25, 0.3) is 11.3 Å². The van der Waals surface area contributed by atoms with Gasteiger partial charge in [0.05, 0.1) is 18.3 Å². The van der Waals surface area contributed by atoms with Crippen LogP contribution in [0.3, 0.4) is 0 Å². The SMILES string of the molecule is COCC(=O)N(CC[C@H](N)CO)[C@@H](c1nc(-c2ccccc2)cn1Cc1ccccc1)C(C)(C)C. The number of ether oxygens (including phenoxy) is 1. The zero-order valence-corrected chi connectivity index (χ0v) is 21.2. The second-order valence-electron chi connectivity index (χ2n) is 9.98. The van der Waals surface area contributed by atoms with Crippen molar-refractivity contribution in [3.8, 4) is 11.3 Å². The number of methoxy groups -OCH3 is 1. The number of nitrogens with two attached hydrogens (primary N) is 1. The van der Waals surface area contributed by atoms with Gasteiger partial charge in [-0.3, -0.25) is 4.79 Å². The molecule has 3 N–H and O–H groups in total. The molecule has 7 nitrogen and oxygen atoms in total. The highest BCUT2D eigenvalue weighted by atomic mass is 16.5. The van der Waals surface area contributed by atoms with Crippen LogP contribution in [0.1, 0.15) is 44.6 Å². The zero-order valence-electron chi connectivity index (χ0n) is 21.2. The molecule has 3 aromatic rings. The summed E-state index contributed by atoms with van der Waals surface area (Å²) < 4.78 is 7.36. The van der Waals surface area contributed by atoms with Crippen LogP contribution in [0.15, 0.2) is 66.9 Å². The van der Waals surface area contributed by atoms with Crippen molar-refractivity contribution in [3.63, 3.8) is 0 Å². The van der Waals surface area contributed by atoms with Gasteiger partial charge in [0.15, 0.2) is 0 Å². The molecule has 0 fully saturated rings. The predicted octanol–water partition coefficient (Wildman–Crippen LogP) is 3.87. The average Bonchev–Trinajstić information content (AvgIpc) is 3.24. The minimum atomic E-state index is -0.405. The molecule has 2 atom stereocenters. The van der Waals surface area contributed by atoms with Crippen molar-refractivity contribution in [2.45, 2.75) is 45.8 Å². The number of benzene rings is 2. The van der Waals surface area contributed by atoms with Crippen LogP contribution in [0.2, 0.25) is 0 Å². The molecule has 0 spiro atoms. The molecule has 0 radical (unpaired) electrons. The summed E-state index contributed by atoms with van der Waals surface area (Å²) in [7, 11) is 1.52. The third-order valence-corrected chi connectivity index (χ3v) is 6.01. The van der Waals surface area contributed by atoms with Gasteiger partial charge in [-0.2, -0.15) is 0 Å². The molecule has 1 amide bonds. The summed E-state index contributed by atoms with van der Waals surface area (Å²) in [6, 6.07) is 19.5. The van der Waals surface area contributed by atoms with E-state index in [0.717, 1.165) is 22.6 Å². The number of aromatic nitrogens is 2. The first-order chi connectivity index (χ1) is 16.7. The van der Waals surface area contributed by atoms with Gasteiger partial charge in [0, 0.05) is 38.0 Å². The molecular weight excluding hydrogens is 440 g/mol. The first-order valence-electron chi connectivity index (χ1n) is 12.1. The Morgan fingerprint density at radius 3 is 2.31 bits per heavy atom. The molecule has 1 aromatic heterocycles. The number of imidazole rings is 1. The Hall–Kier alpha value is -3.00. The number of carbonyl (C=O) groups excluding carboxylic acids is 1. The Morgan fingerprint density at radius 1 is 1.11 bits per heavy atom. The lowest BCUT2D eigenvalue weighted by atomic mass is 9.84. The molecule has 0 saturated carbocycles. The Labute approximate surface area is 208 Å². The Kier molecular flexibility index (Phi) is 9.20. The van der Waals surface area contributed by atoms with Crippen LogP contribution in [0.4, 0.5) is 0 Å². The van der Waals surface area contributed by atoms with Crippen molar-refractivity contribution in [3.05, 3.63) is 78.2 Å². The maximum Gasteiger partial charge on any atom is 0.249 e. The minimum absolute atomic E-state index is 0.0358. The van der Waals surface area contributed by atoms with Crippen LogP contribution in [-0.4, -0.2) is 58.4 Å². The molecule has 35 heavy (non-hydrogen) atoms. The van der Waals surface area contributed by atoms with Crippen LogP contribution < -0.4 is 5.73 Å². The minimum Gasteiger partial charge on any atom is -0.395 e. The molecule has 1 heterocycles. The quantitative estimate of drug-likeness (QED) is 0.436. The molecule has 188 valence electrons. The summed E-state index contributed by atoms with van der Waals surface area (Å²) in [6.45, 7) is 7.19. The molecule has 0 aliphatic rings. The largest absolute Gasteiger partial charge is 0.395 e. The monoisotopic (exact) mass is 478 g/mol. The van der Waals surface area contributed by atoms with Crippen LogP contribution in [-0.2, 0) is 16.1 Å². The van der Waals surface area contributed by atoms with E-state index in [9.17, 15) is 9.90 Å². The lowest BCUT2D eigenvalue weighted by Crippen LogP contribution is -2.46. The number of amides is 1. The second kappa shape index (κ2) is 12.1. The Morgan fingerprint density at radius 2 is 1.74 bits per heavy atom. The Bertz CT molecular complexity index is 1060. The first kappa shape index (κ1) is 26.6. The highest BCUT2D eigenvalue weighted by Gasteiger charge is 2.38. The van der Waals surface area contributed by atoms with Gasteiger partial charge < -0.3 is 25.0 Å². The number of aliphatic hydroxyl groups is 1. The molecule has 0 aliphatic heterocycles. The van der Waals surface area contributed by atoms with Gasteiger partial charge in [0.25, 0.3) is 0 Å². The van der Waals surface area contributed by atoms with E-state index in [1.165, 1.54) is 7.11 Å². The predicted molar refractivity (Wildman–Crippen MR) is 139 cm³/mol. The van der Waals surface area contributed by atoms with Crippen molar-refractivity contribution in [1.29, 1.82) is 0 Å². The molecular formula is C28H38N4O3. The van der Waals surface area contributed by atoms with Gasteiger partial charge in [0.2, 0.25) is 5.91 Å². The summed E-state index contributed by atoms with van der Waals surface area (Å²) in [4.78, 5) is 20.2. The van der Waals surface area contributed by atoms with E-state index < -0.39 is 6.04 Å². The fourth-order valence-corrected chi connectivity index (χ4v) is 4.30. The van der Waals surface area contributed by atoms with Crippen molar-refractivity contribution in [1.82, 2.24) is 14.5 Å². The third kappa shape index (κ3) is 7.01. The highest BCUT2D eigenvalue weighted by molar-refractivity contribution is 5.78. The molecule has 0 aliphatic carbocycles. The smallest absolute Gasteiger partial charge is 0.249 e. The molecule has 3 rings (SSSR count). The molecule has 0 saturated heterocycles. The molecule has 0 unspecified atom stereocenters. The summed E-state index contributed by atoms with van der Waals surface area (Å²) in [6.07, 6.45) is 2.54. The van der Waals surface area contributed by atoms with E-state index in [1.54, 1.807) is 0 Å². The van der Waals surface area contributed by atoms with Gasteiger partial charge in [0.1, 0.15) is 12.4 Å². The zero-order chi connectivity index (χ0) is 25.4. The molecule has 2 aromatic carbocycles. The van der Waals surface area contributed by atoms with E-state index in [2.05, 4.69) is 43.7 Å². The van der Waals surface area contributed by atoms with Gasteiger partial charge >= 0.3 is 0 Å². The number of rotatable bonds is 11. The van der Waals surface area contributed by atoms with E-state index >= 15 is 0 Å². The number of hydrogen-bond donors (Lipinski definition) is 2. The average molecular weight is 479 g/mol. The fraction of sp³-hybridized carbons (Fsp3) is 0.429. The number of carbonyl (C=O) groups is 1. The highest BCUT2D eigenvalue weighted by Crippen LogP contribution is 2.39. The number of hydrogen-bond acceptors (Lipinski definition) is 5. The maximum absolute atomic E-state index is 13.3. The summed E-state index contributed by atoms with van der Waals surface area (Å²) in [5.41, 5.74) is 8.71. The summed E-state index contributed by atoms with van der Waals surface area (Å²) in [5.74, 6) is 0.676. The lowest BCUT2D eigenvalue weighted by molar-refractivity contribution is -0.140. The van der Waals surface area contributed by atoms with E-state index in [0.29, 0.717) is 19.5 Å². The number of aliphatic hydroxyl groups excluding tert-OH is 1. The summed E-state index contributed by atoms with van der Waals surface area (Å²) >= 11 is 0. The van der Waals surface area contributed by atoms with Gasteiger partial charge in [-0.15, -0.1) is 0 Å². The Balaban J connectivity index is 2.13. The summed E-state index contributed by atoms with van der Waals surface area (Å²) in [5, 5.41) is 9.47. The van der Waals surface area contributed by atoms with Crippen molar-refractivity contribution in [2.75, 3.05) is 26.9 Å². The maximum atomic E-state index is 13.3. The van der Waals surface area contributed by atoms with Crippen LogP contribution in [0.5, 0.6) is 0 Å². The van der Waals surface area contributed by atoms with E-state index in [-0.39, 0.29) is 30.6 Å². The van der Waals surface area contributed by atoms with E-state index in [1.807, 2.05) is 53.4 Å². The van der Waals surface area contributed by atoms with Crippen molar-refractivity contribution < 1.29 is 14.6 Å². The van der Waals surface area contributed by atoms with Crippen molar-refractivity contribution >= 4 is 5.91 Å². The third-order valence-electron chi connectivity index (χ3n) is 6.01. The van der Waals surface area contributed by atoms with Gasteiger partial charge in [-0.1, -0.05) is 81.4 Å². The molecule has 0 bridgehead atoms. The fourth-order valence-electron chi connectivity index (χ4n) is 4.30. The van der Waals surface area contributed by atoms with Gasteiger partial charge in [-0.25, -0.2) is 4.98 Å². The first-order valence-corrected chi connectivity index (χ1v) is 12.1. The standard InChI is InChI=1S/C28H38N4O3/c1-28(2,3)26(32(25(34)20-35-4)16-15-23(29)19-33)27-30-24(22-13-9-6-10-14-22)18-31(27)17-21-11-7-5-8-12-21/h5-14,18,23,26,33H,15-17,19-20,29H2,1-4H3/t23-,26-/m0/s1. The normalized spacial score (nSPS) is 13.4. The topological polar surface area (TPSA) is 93.6 Å². The molecule has 7 heteroatoms. The van der Waals surface area contributed by atoms with Crippen LogP contribution in [0, 0.1) is 5.41 Å². The second-order valence-corrected chi connectivity index (χ2v) is 9.98. The van der Waals surface area contributed by atoms with Crippen molar-refractivity contribution in [2.24, 2.45) is 11.1 Å². The van der Waals surface area contributed by atoms with Gasteiger partial charge in [-0.05, 0) is 17.4 Å². The lowest BCUT2D eigenvalue weighted by Gasteiger charge is -2.40. The number of nitrogens with zero attached hydrogens (tertiary/aromatic N) is 3. The van der Waals surface area contributed by atoms with E-state index in [4.69, 9.17) is 15.5 Å². The van der Waals surface area contributed by atoms with Crippen LogP contribution >= 0.6 is 0 Å².